The van der Waals surface area contributed by atoms with Crippen LogP contribution in [0.4, 0.5) is 0 Å². The third-order valence-corrected chi connectivity index (χ3v) is 7.13. The highest BCUT2D eigenvalue weighted by Gasteiger charge is 2.39. The van der Waals surface area contributed by atoms with E-state index < -0.39 is 0 Å². The van der Waals surface area contributed by atoms with Crippen LogP contribution in [0, 0.1) is 0 Å². The van der Waals surface area contributed by atoms with Crippen molar-refractivity contribution < 1.29 is 14.1 Å². The van der Waals surface area contributed by atoms with E-state index in [0.717, 1.165) is 29.7 Å². The van der Waals surface area contributed by atoms with Gasteiger partial charge in [-0.2, -0.15) is 0 Å². The minimum Gasteiger partial charge on any atom is -0.490 e. The lowest BCUT2D eigenvalue weighted by Gasteiger charge is -2.36. The zero-order valence-corrected chi connectivity index (χ0v) is 19.7. The van der Waals surface area contributed by atoms with Crippen LogP contribution in [0.5, 0.6) is 5.75 Å². The topological polar surface area (TPSA) is 58.8 Å². The van der Waals surface area contributed by atoms with E-state index in [1.165, 1.54) is 12.8 Å². The van der Waals surface area contributed by atoms with E-state index in [1.54, 1.807) is 30.1 Å². The number of hydrogen-bond acceptors (Lipinski definition) is 5. The molecule has 3 atom stereocenters. The summed E-state index contributed by atoms with van der Waals surface area (Å²) in [4.78, 5) is 17.1. The standard InChI is InChI=1S/C26H28ClN3O3/c1-29(26(31)24-15-25(33-28-24)18-6-8-19(27)9-7-18)16-17-4-3-5-22(12-17)32-23-13-20-10-11-21(14-23)30(20)2/h3-9,12,15,20-21,23H,10-11,13-14,16H2,1-2H3/t20-,21+,23?. The molecule has 33 heavy (non-hydrogen) atoms. The molecule has 1 aromatic heterocycles. The maximum atomic E-state index is 12.9. The molecule has 0 aliphatic carbocycles. The highest BCUT2D eigenvalue weighted by atomic mass is 35.5. The summed E-state index contributed by atoms with van der Waals surface area (Å²) in [6.07, 6.45) is 4.97. The van der Waals surface area contributed by atoms with Gasteiger partial charge >= 0.3 is 0 Å². The fourth-order valence-corrected chi connectivity index (χ4v) is 5.16. The maximum Gasteiger partial charge on any atom is 0.276 e. The van der Waals surface area contributed by atoms with Gasteiger partial charge in [-0.3, -0.25) is 4.79 Å². The molecule has 1 amide bonds. The van der Waals surface area contributed by atoms with Crippen molar-refractivity contribution in [3.8, 4) is 17.1 Å². The lowest BCUT2D eigenvalue weighted by atomic mass is 10.0. The first kappa shape index (κ1) is 22.0. The molecule has 2 saturated heterocycles. The number of benzene rings is 2. The average Bonchev–Trinajstić information content (AvgIpc) is 3.36. The molecule has 0 saturated carbocycles. The van der Waals surface area contributed by atoms with Gasteiger partial charge in [-0.15, -0.1) is 0 Å². The minimum absolute atomic E-state index is 0.197. The second-order valence-electron chi connectivity index (χ2n) is 9.15. The molecular formula is C26H28ClN3O3. The number of hydrogen-bond donors (Lipinski definition) is 0. The number of amides is 1. The van der Waals surface area contributed by atoms with Crippen LogP contribution in [0.2, 0.25) is 5.02 Å². The minimum atomic E-state index is -0.197. The van der Waals surface area contributed by atoms with Gasteiger partial charge in [0.2, 0.25) is 0 Å². The van der Waals surface area contributed by atoms with Crippen LogP contribution in [0.25, 0.3) is 11.3 Å². The molecule has 0 spiro atoms. The maximum absolute atomic E-state index is 12.9. The third kappa shape index (κ3) is 4.77. The molecular weight excluding hydrogens is 438 g/mol. The van der Waals surface area contributed by atoms with Crippen molar-refractivity contribution in [2.24, 2.45) is 0 Å². The second kappa shape index (κ2) is 9.20. The van der Waals surface area contributed by atoms with E-state index in [2.05, 4.69) is 17.1 Å². The number of rotatable bonds is 6. The van der Waals surface area contributed by atoms with Crippen molar-refractivity contribution in [3.05, 3.63) is 70.9 Å². The predicted octanol–water partition coefficient (Wildman–Crippen LogP) is 5.27. The largest absolute Gasteiger partial charge is 0.490 e. The van der Waals surface area contributed by atoms with Gasteiger partial charge in [-0.1, -0.05) is 28.9 Å². The van der Waals surface area contributed by atoms with Crippen molar-refractivity contribution in [1.82, 2.24) is 15.0 Å². The van der Waals surface area contributed by atoms with Crippen LogP contribution in [-0.2, 0) is 6.54 Å². The van der Waals surface area contributed by atoms with E-state index in [0.29, 0.717) is 29.4 Å². The van der Waals surface area contributed by atoms with Crippen molar-refractivity contribution in [3.63, 3.8) is 0 Å². The number of carbonyl (C=O) groups is 1. The Kier molecular flexibility index (Phi) is 6.13. The van der Waals surface area contributed by atoms with Gasteiger partial charge in [0.15, 0.2) is 11.5 Å². The van der Waals surface area contributed by atoms with Gasteiger partial charge in [-0.05, 0) is 74.7 Å². The Hall–Kier alpha value is -2.83. The van der Waals surface area contributed by atoms with Crippen LogP contribution in [0.3, 0.4) is 0 Å². The SMILES string of the molecule is CN(Cc1cccc(OC2C[C@H]3CC[C@@H](C2)N3C)c1)C(=O)c1cc(-c2ccc(Cl)cc2)on1. The van der Waals surface area contributed by atoms with Crippen LogP contribution in [0.1, 0.15) is 41.7 Å². The molecule has 7 heteroatoms. The summed E-state index contributed by atoms with van der Waals surface area (Å²) in [5, 5.41) is 4.61. The lowest BCUT2D eigenvalue weighted by Crippen LogP contribution is -2.43. The van der Waals surface area contributed by atoms with Crippen molar-refractivity contribution >= 4 is 17.5 Å². The average molecular weight is 466 g/mol. The summed E-state index contributed by atoms with van der Waals surface area (Å²) in [6, 6.07) is 18.2. The molecule has 3 aromatic rings. The Bertz CT molecular complexity index is 1120. The molecule has 2 aromatic carbocycles. The first-order valence-corrected chi connectivity index (χ1v) is 11.8. The van der Waals surface area contributed by atoms with Crippen LogP contribution >= 0.6 is 11.6 Å². The molecule has 2 fully saturated rings. The summed E-state index contributed by atoms with van der Waals surface area (Å²) in [5.41, 5.74) is 2.11. The van der Waals surface area contributed by atoms with Crippen LogP contribution in [-0.4, -0.2) is 53.1 Å². The quantitative estimate of drug-likeness (QED) is 0.496. The summed E-state index contributed by atoms with van der Waals surface area (Å²) >= 11 is 5.94. The van der Waals surface area contributed by atoms with E-state index in [9.17, 15) is 4.79 Å². The molecule has 0 N–H and O–H groups in total. The summed E-state index contributed by atoms with van der Waals surface area (Å²) in [7, 11) is 4.00. The second-order valence-corrected chi connectivity index (χ2v) is 9.59. The first-order valence-electron chi connectivity index (χ1n) is 11.4. The van der Waals surface area contributed by atoms with Crippen LogP contribution < -0.4 is 4.74 Å². The third-order valence-electron chi connectivity index (χ3n) is 6.88. The fraction of sp³-hybridized carbons (Fsp3) is 0.385. The Morgan fingerprint density at radius 3 is 2.61 bits per heavy atom. The van der Waals surface area contributed by atoms with Gasteiger partial charge in [0.25, 0.3) is 5.91 Å². The van der Waals surface area contributed by atoms with Gasteiger partial charge < -0.3 is 19.1 Å². The number of carbonyl (C=O) groups excluding carboxylic acids is 1. The van der Waals surface area contributed by atoms with Crippen LogP contribution in [0.15, 0.2) is 59.1 Å². The van der Waals surface area contributed by atoms with E-state index in [4.69, 9.17) is 20.9 Å². The van der Waals surface area contributed by atoms with Crippen molar-refractivity contribution in [2.45, 2.75) is 50.4 Å². The molecule has 5 rings (SSSR count). The number of ether oxygens (including phenoxy) is 1. The Morgan fingerprint density at radius 2 is 1.88 bits per heavy atom. The van der Waals surface area contributed by atoms with Crippen molar-refractivity contribution in [2.75, 3.05) is 14.1 Å². The molecule has 0 radical (unpaired) electrons. The molecule has 3 heterocycles. The highest BCUT2D eigenvalue weighted by Crippen LogP contribution is 2.36. The number of aromatic nitrogens is 1. The Balaban J connectivity index is 1.21. The first-order chi connectivity index (χ1) is 16.0. The van der Waals surface area contributed by atoms with Gasteiger partial charge in [0, 0.05) is 42.3 Å². The fourth-order valence-electron chi connectivity index (χ4n) is 5.03. The molecule has 2 aliphatic heterocycles. The molecule has 2 aliphatic rings. The monoisotopic (exact) mass is 465 g/mol. The number of fused-ring (bicyclic) bond motifs is 2. The molecule has 2 bridgehead atoms. The van der Waals surface area contributed by atoms with Gasteiger partial charge in [0.05, 0.1) is 0 Å². The summed E-state index contributed by atoms with van der Waals surface area (Å²) < 4.78 is 11.7. The predicted molar refractivity (Wildman–Crippen MR) is 127 cm³/mol. The molecule has 1 unspecified atom stereocenters. The smallest absolute Gasteiger partial charge is 0.276 e. The van der Waals surface area contributed by atoms with Crippen molar-refractivity contribution in [1.29, 1.82) is 0 Å². The zero-order valence-electron chi connectivity index (χ0n) is 18.9. The van der Waals surface area contributed by atoms with E-state index in [1.807, 2.05) is 36.4 Å². The van der Waals surface area contributed by atoms with E-state index >= 15 is 0 Å². The number of halogens is 1. The normalized spacial score (nSPS) is 22.3. The van der Waals surface area contributed by atoms with Gasteiger partial charge in [-0.25, -0.2) is 0 Å². The van der Waals surface area contributed by atoms with E-state index in [-0.39, 0.29) is 17.7 Å². The van der Waals surface area contributed by atoms with Gasteiger partial charge in [0.1, 0.15) is 11.9 Å². The zero-order chi connectivity index (χ0) is 22.9. The lowest BCUT2D eigenvalue weighted by molar-refractivity contribution is 0.0659. The summed E-state index contributed by atoms with van der Waals surface area (Å²) in [6.45, 7) is 0.456. The number of piperidine rings is 1. The highest BCUT2D eigenvalue weighted by molar-refractivity contribution is 6.30. The molecule has 6 nitrogen and oxygen atoms in total. The Labute approximate surface area is 199 Å². The Morgan fingerprint density at radius 1 is 1.15 bits per heavy atom. The number of nitrogens with zero attached hydrogens (tertiary/aromatic N) is 3. The molecule has 172 valence electrons. The summed E-state index contributed by atoms with van der Waals surface area (Å²) in [5.74, 6) is 1.21.